The Hall–Kier alpha value is -1.39. The van der Waals surface area contributed by atoms with Crippen LogP contribution in [0, 0.1) is 13.8 Å². The van der Waals surface area contributed by atoms with Crippen LogP contribution in [0.1, 0.15) is 17.0 Å². The molecule has 0 aliphatic rings. The molecule has 0 amide bonds. The maximum absolute atomic E-state index is 9.84. The number of nitrogens with one attached hydrogen (secondary N) is 2. The number of rotatable bonds is 3. The fourth-order valence-electron chi connectivity index (χ4n) is 1.75. The first kappa shape index (κ1) is 13.1. The number of hydrogen-bond acceptors (Lipinski definition) is 3. The molecule has 3 N–H and O–H groups in total. The lowest BCUT2D eigenvalue weighted by atomic mass is 10.2. The minimum absolute atomic E-state index is 0.0485. The standard InChI is InChI=1S/C12H13Cl2N3O/c1-6-11(7(2)17-16-6)15-5-8-3-9(13)4-10(14)12(8)18/h3-4,15,18H,5H2,1-2H3,(H,16,17). The highest BCUT2D eigenvalue weighted by atomic mass is 35.5. The summed E-state index contributed by atoms with van der Waals surface area (Å²) in [5.74, 6) is 0.0485. The second kappa shape index (κ2) is 5.08. The highest BCUT2D eigenvalue weighted by Gasteiger charge is 2.10. The minimum Gasteiger partial charge on any atom is -0.506 e. The highest BCUT2D eigenvalue weighted by molar-refractivity contribution is 6.35. The third kappa shape index (κ3) is 2.54. The minimum atomic E-state index is 0.0485. The zero-order valence-electron chi connectivity index (χ0n) is 10.0. The lowest BCUT2D eigenvalue weighted by Gasteiger charge is -2.10. The van der Waals surface area contributed by atoms with Gasteiger partial charge in [-0.3, -0.25) is 5.10 Å². The van der Waals surface area contributed by atoms with Crippen molar-refractivity contribution in [2.24, 2.45) is 0 Å². The van der Waals surface area contributed by atoms with Crippen molar-refractivity contribution in [1.29, 1.82) is 0 Å². The van der Waals surface area contributed by atoms with Crippen LogP contribution in [0.5, 0.6) is 5.75 Å². The van der Waals surface area contributed by atoms with Crippen LogP contribution in [0.25, 0.3) is 0 Å². The maximum atomic E-state index is 9.84. The molecule has 0 aliphatic carbocycles. The number of phenols is 1. The normalized spacial score (nSPS) is 10.7. The van der Waals surface area contributed by atoms with Gasteiger partial charge in [0.15, 0.2) is 0 Å². The number of aryl methyl sites for hydroxylation is 2. The SMILES string of the molecule is Cc1n[nH]c(C)c1NCc1cc(Cl)cc(Cl)c1O. The number of phenolic OH excluding ortho intramolecular Hbond substituents is 1. The molecule has 6 heteroatoms. The summed E-state index contributed by atoms with van der Waals surface area (Å²) in [4.78, 5) is 0. The number of aromatic nitrogens is 2. The maximum Gasteiger partial charge on any atom is 0.139 e. The van der Waals surface area contributed by atoms with Crippen LogP contribution >= 0.6 is 23.2 Å². The van der Waals surface area contributed by atoms with Crippen molar-refractivity contribution in [1.82, 2.24) is 10.2 Å². The van der Waals surface area contributed by atoms with E-state index in [9.17, 15) is 5.11 Å². The van der Waals surface area contributed by atoms with Crippen molar-refractivity contribution < 1.29 is 5.11 Å². The summed E-state index contributed by atoms with van der Waals surface area (Å²) < 4.78 is 0. The Labute approximate surface area is 115 Å². The van der Waals surface area contributed by atoms with Crippen molar-refractivity contribution in [2.75, 3.05) is 5.32 Å². The van der Waals surface area contributed by atoms with Crippen LogP contribution in [0.3, 0.4) is 0 Å². The van der Waals surface area contributed by atoms with Crippen LogP contribution in [0.4, 0.5) is 5.69 Å². The molecule has 0 spiro atoms. The molecule has 0 bridgehead atoms. The van der Waals surface area contributed by atoms with Gasteiger partial charge in [-0.05, 0) is 26.0 Å². The van der Waals surface area contributed by atoms with Gasteiger partial charge in [0.05, 0.1) is 22.1 Å². The van der Waals surface area contributed by atoms with Crippen molar-refractivity contribution in [3.05, 3.63) is 39.1 Å². The summed E-state index contributed by atoms with van der Waals surface area (Å²) in [6, 6.07) is 3.19. The van der Waals surface area contributed by atoms with Gasteiger partial charge < -0.3 is 10.4 Å². The van der Waals surface area contributed by atoms with Crippen molar-refractivity contribution in [2.45, 2.75) is 20.4 Å². The third-order valence-corrected chi connectivity index (χ3v) is 3.20. The fourth-order valence-corrected chi connectivity index (χ4v) is 2.28. The molecular weight excluding hydrogens is 273 g/mol. The van der Waals surface area contributed by atoms with Gasteiger partial charge in [0.1, 0.15) is 5.75 Å². The van der Waals surface area contributed by atoms with E-state index >= 15 is 0 Å². The van der Waals surface area contributed by atoms with Gasteiger partial charge in [-0.15, -0.1) is 0 Å². The molecule has 18 heavy (non-hydrogen) atoms. The number of nitrogens with zero attached hydrogens (tertiary/aromatic N) is 1. The molecule has 0 fully saturated rings. The van der Waals surface area contributed by atoms with Crippen LogP contribution in [-0.2, 0) is 6.54 Å². The van der Waals surface area contributed by atoms with Crippen LogP contribution < -0.4 is 5.32 Å². The van der Waals surface area contributed by atoms with Gasteiger partial charge in [0.25, 0.3) is 0 Å². The Bertz CT molecular complexity index is 561. The van der Waals surface area contributed by atoms with Gasteiger partial charge in [-0.1, -0.05) is 23.2 Å². The summed E-state index contributed by atoms with van der Waals surface area (Å²) in [5.41, 5.74) is 3.39. The van der Waals surface area contributed by atoms with Gasteiger partial charge in [0.2, 0.25) is 0 Å². The number of benzene rings is 1. The van der Waals surface area contributed by atoms with Crippen molar-refractivity contribution in [3.8, 4) is 5.75 Å². The fraction of sp³-hybridized carbons (Fsp3) is 0.250. The van der Waals surface area contributed by atoms with E-state index in [1.807, 2.05) is 13.8 Å². The number of aromatic hydroxyl groups is 1. The predicted octanol–water partition coefficient (Wildman–Crippen LogP) is 3.65. The van der Waals surface area contributed by atoms with Gasteiger partial charge >= 0.3 is 0 Å². The van der Waals surface area contributed by atoms with Crippen LogP contribution in [0.15, 0.2) is 12.1 Å². The molecule has 0 unspecified atom stereocenters. The first-order valence-electron chi connectivity index (χ1n) is 5.41. The van der Waals surface area contributed by atoms with Crippen LogP contribution in [-0.4, -0.2) is 15.3 Å². The summed E-state index contributed by atoms with van der Waals surface area (Å²) in [6.45, 7) is 4.25. The first-order chi connectivity index (χ1) is 8.49. The van der Waals surface area contributed by atoms with E-state index in [1.54, 1.807) is 6.07 Å². The molecule has 0 saturated carbocycles. The lowest BCUT2D eigenvalue weighted by Crippen LogP contribution is -2.01. The van der Waals surface area contributed by atoms with E-state index in [0.717, 1.165) is 17.1 Å². The van der Waals surface area contributed by atoms with E-state index in [-0.39, 0.29) is 10.8 Å². The van der Waals surface area contributed by atoms with E-state index in [1.165, 1.54) is 6.07 Å². The summed E-state index contributed by atoms with van der Waals surface area (Å²) >= 11 is 11.8. The average Bonchev–Trinajstić information content (AvgIpc) is 2.62. The summed E-state index contributed by atoms with van der Waals surface area (Å²) in [5, 5.41) is 20.7. The van der Waals surface area contributed by atoms with Gasteiger partial charge in [0, 0.05) is 17.1 Å². The van der Waals surface area contributed by atoms with Crippen molar-refractivity contribution in [3.63, 3.8) is 0 Å². The van der Waals surface area contributed by atoms with Gasteiger partial charge in [-0.2, -0.15) is 5.10 Å². The van der Waals surface area contributed by atoms with Gasteiger partial charge in [-0.25, -0.2) is 0 Å². The smallest absolute Gasteiger partial charge is 0.139 e. The first-order valence-corrected chi connectivity index (χ1v) is 6.17. The number of hydrogen-bond donors (Lipinski definition) is 3. The summed E-state index contributed by atoms with van der Waals surface area (Å²) in [6.07, 6.45) is 0. The van der Waals surface area contributed by atoms with E-state index in [4.69, 9.17) is 23.2 Å². The number of anilines is 1. The number of halogens is 2. The Morgan fingerprint density at radius 2 is 2.06 bits per heavy atom. The van der Waals surface area contributed by atoms with Crippen molar-refractivity contribution >= 4 is 28.9 Å². The average molecular weight is 286 g/mol. The summed E-state index contributed by atoms with van der Waals surface area (Å²) in [7, 11) is 0. The Morgan fingerprint density at radius 1 is 1.33 bits per heavy atom. The van der Waals surface area contributed by atoms with E-state index in [0.29, 0.717) is 17.1 Å². The topological polar surface area (TPSA) is 60.9 Å². The third-order valence-electron chi connectivity index (χ3n) is 2.69. The molecule has 1 aromatic carbocycles. The molecule has 4 nitrogen and oxygen atoms in total. The molecule has 2 rings (SSSR count). The zero-order chi connectivity index (χ0) is 13.3. The van der Waals surface area contributed by atoms with E-state index in [2.05, 4.69) is 15.5 Å². The monoisotopic (exact) mass is 285 g/mol. The number of H-pyrrole nitrogens is 1. The molecule has 0 saturated heterocycles. The molecule has 96 valence electrons. The van der Waals surface area contributed by atoms with E-state index < -0.39 is 0 Å². The molecule has 0 atom stereocenters. The Kier molecular flexibility index (Phi) is 3.68. The zero-order valence-corrected chi connectivity index (χ0v) is 11.5. The predicted molar refractivity (Wildman–Crippen MR) is 73.5 cm³/mol. The molecule has 0 radical (unpaired) electrons. The molecule has 1 aromatic heterocycles. The molecule has 0 aliphatic heterocycles. The molecular formula is C12H13Cl2N3O. The second-order valence-corrected chi connectivity index (χ2v) is 4.90. The largest absolute Gasteiger partial charge is 0.506 e. The second-order valence-electron chi connectivity index (χ2n) is 4.06. The lowest BCUT2D eigenvalue weighted by molar-refractivity contribution is 0.469. The Morgan fingerprint density at radius 3 is 2.67 bits per heavy atom. The molecule has 1 heterocycles. The molecule has 2 aromatic rings. The van der Waals surface area contributed by atoms with Crippen LogP contribution in [0.2, 0.25) is 10.0 Å². The quantitative estimate of drug-likeness (QED) is 0.807. The number of aromatic amines is 1. The Balaban J connectivity index is 2.21. The highest BCUT2D eigenvalue weighted by Crippen LogP contribution is 2.31.